The van der Waals surface area contributed by atoms with Crippen LogP contribution in [0.3, 0.4) is 0 Å². The van der Waals surface area contributed by atoms with E-state index < -0.39 is 32.5 Å². The fourth-order valence-electron chi connectivity index (χ4n) is 6.25. The summed E-state index contributed by atoms with van der Waals surface area (Å²) >= 11 is 0. The van der Waals surface area contributed by atoms with E-state index in [0.717, 1.165) is 70.6 Å². The molecule has 0 amide bonds. The Labute approximate surface area is 374 Å². The fraction of sp³-hybridized carbons (Fsp3) is 0.725. The standard InChI is InChI=1S/C51H90NO8P/c1-6-8-10-12-14-16-18-20-22-24-25-26-27-28-30-32-34-36-38-40-42-44-51(54)60-49(48-59-61(55,56)58-46-45-52(3,4)5)47-57-50(53)43-41-39-37-35-33-31-29-23-21-19-17-15-13-11-9-7-2/h8,10,14,16,20,22,25-26,28,30,34,36,49H,6-7,9,11-13,15,17-19,21,23-24,27,29,31-33,35,37-48H2,1-5H3/b10-8-,16-14-,22-20-,26-25-,30-28-,36-34-. The smallest absolute Gasteiger partial charge is 0.306 e. The van der Waals surface area contributed by atoms with Crippen molar-refractivity contribution >= 4 is 19.8 Å². The zero-order chi connectivity index (χ0) is 45.0. The van der Waals surface area contributed by atoms with E-state index >= 15 is 0 Å². The molecule has 9 nitrogen and oxygen atoms in total. The van der Waals surface area contributed by atoms with Crippen LogP contribution in [0.25, 0.3) is 0 Å². The van der Waals surface area contributed by atoms with Gasteiger partial charge in [0.15, 0.2) is 6.10 Å². The first kappa shape index (κ1) is 58.5. The number of unbranched alkanes of at least 4 members (excludes halogenated alkanes) is 17. The number of carbonyl (C=O) groups excluding carboxylic acids is 2. The third-order valence-electron chi connectivity index (χ3n) is 9.99. The SMILES string of the molecule is CC/C=C\C/C=C\C/C=C\C/C=C\C/C=C\C/C=C\CCCCC(=O)OC(COC(=O)CCCCCCCCCCCCCCCCCC)COP(=O)([O-])OCC[N+](C)(C)C. The van der Waals surface area contributed by atoms with E-state index in [0.29, 0.717) is 17.4 Å². The van der Waals surface area contributed by atoms with Gasteiger partial charge in [-0.05, 0) is 64.2 Å². The second kappa shape index (κ2) is 42.7. The molecule has 0 N–H and O–H groups in total. The topological polar surface area (TPSA) is 111 Å². The summed E-state index contributed by atoms with van der Waals surface area (Å²) in [6.45, 7) is 4.07. The lowest BCUT2D eigenvalue weighted by atomic mass is 10.0. The highest BCUT2D eigenvalue weighted by Crippen LogP contribution is 2.38. The zero-order valence-electron chi connectivity index (χ0n) is 39.6. The summed E-state index contributed by atoms with van der Waals surface area (Å²) in [5, 5.41) is 0. The minimum absolute atomic E-state index is 0.0419. The Morgan fingerprint density at radius 1 is 0.525 bits per heavy atom. The van der Waals surface area contributed by atoms with E-state index in [-0.39, 0.29) is 26.1 Å². The Kier molecular flexibility index (Phi) is 40.9. The van der Waals surface area contributed by atoms with Crippen molar-refractivity contribution in [3.63, 3.8) is 0 Å². The van der Waals surface area contributed by atoms with Gasteiger partial charge in [0, 0.05) is 12.8 Å². The number of ether oxygens (including phenoxy) is 2. The number of phosphoric acid groups is 1. The minimum Gasteiger partial charge on any atom is -0.756 e. The predicted octanol–water partition coefficient (Wildman–Crippen LogP) is 13.6. The second-order valence-electron chi connectivity index (χ2n) is 17.1. The van der Waals surface area contributed by atoms with E-state index in [9.17, 15) is 19.0 Å². The maximum absolute atomic E-state index is 12.7. The number of hydrogen-bond acceptors (Lipinski definition) is 8. The Morgan fingerprint density at radius 3 is 1.39 bits per heavy atom. The quantitative estimate of drug-likeness (QED) is 0.0196. The van der Waals surface area contributed by atoms with Crippen LogP contribution < -0.4 is 4.89 Å². The molecule has 0 saturated heterocycles. The molecule has 61 heavy (non-hydrogen) atoms. The van der Waals surface area contributed by atoms with Gasteiger partial charge < -0.3 is 27.9 Å². The molecule has 0 aliphatic rings. The van der Waals surface area contributed by atoms with Gasteiger partial charge >= 0.3 is 11.9 Å². The highest BCUT2D eigenvalue weighted by atomic mass is 31.2. The van der Waals surface area contributed by atoms with Gasteiger partial charge in [0.1, 0.15) is 19.8 Å². The summed E-state index contributed by atoms with van der Waals surface area (Å²) in [5.74, 6) is -0.885. The van der Waals surface area contributed by atoms with Crippen LogP contribution in [0.4, 0.5) is 0 Å². The molecule has 0 aliphatic carbocycles. The van der Waals surface area contributed by atoms with Gasteiger partial charge in [-0.2, -0.15) is 0 Å². The lowest BCUT2D eigenvalue weighted by Gasteiger charge is -2.28. The predicted molar refractivity (Wildman–Crippen MR) is 254 cm³/mol. The fourth-order valence-corrected chi connectivity index (χ4v) is 6.97. The maximum Gasteiger partial charge on any atom is 0.306 e. The molecule has 0 aromatic heterocycles. The van der Waals surface area contributed by atoms with Crippen LogP contribution in [0.2, 0.25) is 0 Å². The number of rotatable bonds is 43. The van der Waals surface area contributed by atoms with E-state index in [1.54, 1.807) is 0 Å². The summed E-state index contributed by atoms with van der Waals surface area (Å²) in [4.78, 5) is 37.6. The van der Waals surface area contributed by atoms with Gasteiger partial charge in [0.05, 0.1) is 27.7 Å². The van der Waals surface area contributed by atoms with Crippen LogP contribution in [-0.4, -0.2) is 70.0 Å². The molecule has 0 saturated carbocycles. The van der Waals surface area contributed by atoms with Crippen LogP contribution in [-0.2, 0) is 32.7 Å². The first-order valence-electron chi connectivity index (χ1n) is 24.1. The van der Waals surface area contributed by atoms with E-state index in [1.165, 1.54) is 83.5 Å². The average Bonchev–Trinajstić information content (AvgIpc) is 3.21. The van der Waals surface area contributed by atoms with Gasteiger partial charge in [-0.3, -0.25) is 14.2 Å². The van der Waals surface area contributed by atoms with Gasteiger partial charge in [0.25, 0.3) is 7.82 Å². The largest absolute Gasteiger partial charge is 0.756 e. The number of carbonyl (C=O) groups is 2. The monoisotopic (exact) mass is 876 g/mol. The Morgan fingerprint density at radius 2 is 0.934 bits per heavy atom. The summed E-state index contributed by atoms with van der Waals surface area (Å²) in [5.41, 5.74) is 0. The lowest BCUT2D eigenvalue weighted by molar-refractivity contribution is -0.870. The molecular weight excluding hydrogens is 786 g/mol. The number of hydrogen-bond donors (Lipinski definition) is 0. The number of allylic oxidation sites excluding steroid dienone is 12. The molecule has 352 valence electrons. The first-order valence-corrected chi connectivity index (χ1v) is 25.6. The number of esters is 2. The van der Waals surface area contributed by atoms with Crippen molar-refractivity contribution in [1.29, 1.82) is 0 Å². The number of phosphoric ester groups is 1. The zero-order valence-corrected chi connectivity index (χ0v) is 40.5. The van der Waals surface area contributed by atoms with Gasteiger partial charge in [-0.25, -0.2) is 0 Å². The van der Waals surface area contributed by atoms with Gasteiger partial charge in [-0.1, -0.05) is 183 Å². The molecular formula is C51H90NO8P. The lowest BCUT2D eigenvalue weighted by Crippen LogP contribution is -2.37. The molecule has 0 aromatic carbocycles. The minimum atomic E-state index is -4.64. The van der Waals surface area contributed by atoms with Crippen molar-refractivity contribution in [3.8, 4) is 0 Å². The van der Waals surface area contributed by atoms with Crippen molar-refractivity contribution in [1.82, 2.24) is 0 Å². The molecule has 0 fully saturated rings. The third-order valence-corrected chi connectivity index (χ3v) is 11.0. The summed E-state index contributed by atoms with van der Waals surface area (Å²) in [6, 6.07) is 0. The van der Waals surface area contributed by atoms with Crippen molar-refractivity contribution in [2.24, 2.45) is 0 Å². The molecule has 0 rings (SSSR count). The number of quaternary nitrogens is 1. The normalized spacial score (nSPS) is 14.1. The Balaban J connectivity index is 4.40. The van der Waals surface area contributed by atoms with Crippen LogP contribution in [0.1, 0.15) is 187 Å². The maximum atomic E-state index is 12.7. The second-order valence-corrected chi connectivity index (χ2v) is 18.5. The molecule has 0 radical (unpaired) electrons. The van der Waals surface area contributed by atoms with E-state index in [4.69, 9.17) is 18.5 Å². The molecule has 0 aliphatic heterocycles. The average molecular weight is 876 g/mol. The molecule has 0 heterocycles. The Bertz CT molecular complexity index is 1270. The van der Waals surface area contributed by atoms with Crippen molar-refractivity contribution < 1.29 is 42.1 Å². The van der Waals surface area contributed by atoms with Crippen LogP contribution in [0, 0.1) is 0 Å². The Hall–Kier alpha value is -2.55. The molecule has 10 heteroatoms. The molecule has 2 unspecified atom stereocenters. The number of nitrogens with zero attached hydrogens (tertiary/aromatic N) is 1. The highest BCUT2D eigenvalue weighted by molar-refractivity contribution is 7.45. The van der Waals surface area contributed by atoms with Crippen LogP contribution in [0.15, 0.2) is 72.9 Å². The first-order chi connectivity index (χ1) is 29.5. The third kappa shape index (κ3) is 46.8. The van der Waals surface area contributed by atoms with Gasteiger partial charge in [-0.15, -0.1) is 0 Å². The summed E-state index contributed by atoms with van der Waals surface area (Å²) in [7, 11) is 1.13. The van der Waals surface area contributed by atoms with Crippen molar-refractivity contribution in [2.75, 3.05) is 47.5 Å². The molecule has 2 atom stereocenters. The van der Waals surface area contributed by atoms with Crippen molar-refractivity contribution in [3.05, 3.63) is 72.9 Å². The summed E-state index contributed by atoms with van der Waals surface area (Å²) < 4.78 is 33.9. The molecule has 0 spiro atoms. The van der Waals surface area contributed by atoms with Gasteiger partial charge in [0.2, 0.25) is 0 Å². The highest BCUT2D eigenvalue weighted by Gasteiger charge is 2.21. The van der Waals surface area contributed by atoms with Crippen LogP contribution in [0.5, 0.6) is 0 Å². The summed E-state index contributed by atoms with van der Waals surface area (Å²) in [6.07, 6.45) is 53.6. The van der Waals surface area contributed by atoms with E-state index in [1.807, 2.05) is 21.1 Å². The molecule has 0 aromatic rings. The van der Waals surface area contributed by atoms with E-state index in [2.05, 4.69) is 86.8 Å². The molecule has 0 bridgehead atoms. The van der Waals surface area contributed by atoms with Crippen molar-refractivity contribution in [2.45, 2.75) is 193 Å². The van der Waals surface area contributed by atoms with Crippen LogP contribution >= 0.6 is 7.82 Å². The number of likely N-dealkylation sites (N-methyl/N-ethyl adjacent to an activating group) is 1.